The summed E-state index contributed by atoms with van der Waals surface area (Å²) in [5.41, 5.74) is 0.896. The van der Waals surface area contributed by atoms with Crippen LogP contribution in [0.3, 0.4) is 0 Å². The first-order valence-electron chi connectivity index (χ1n) is 8.07. The molecule has 132 valence electrons. The van der Waals surface area contributed by atoms with Gasteiger partial charge < -0.3 is 4.90 Å². The fraction of sp³-hybridized carbons (Fsp3) is 0.500. The normalized spacial score (nSPS) is 15.7. The van der Waals surface area contributed by atoms with Gasteiger partial charge in [0.25, 0.3) is 0 Å². The van der Waals surface area contributed by atoms with Crippen molar-refractivity contribution in [1.29, 1.82) is 0 Å². The van der Waals surface area contributed by atoms with E-state index in [0.717, 1.165) is 37.4 Å². The quantitative estimate of drug-likeness (QED) is 0.631. The highest BCUT2D eigenvalue weighted by Gasteiger charge is 2.23. The highest BCUT2D eigenvalue weighted by atomic mass is 35.5. The van der Waals surface area contributed by atoms with E-state index < -0.39 is 0 Å². The number of hydrogen-bond acceptors (Lipinski definition) is 3. The van der Waals surface area contributed by atoms with Gasteiger partial charge >= 0.3 is 0 Å². The number of halogens is 2. The molecule has 0 radical (unpaired) electrons. The van der Waals surface area contributed by atoms with Crippen molar-refractivity contribution in [3.8, 4) is 0 Å². The van der Waals surface area contributed by atoms with Gasteiger partial charge in [-0.25, -0.2) is 0 Å². The molecule has 1 aliphatic rings. The van der Waals surface area contributed by atoms with E-state index in [2.05, 4.69) is 23.3 Å². The van der Waals surface area contributed by atoms with Gasteiger partial charge in [0, 0.05) is 32.7 Å². The van der Waals surface area contributed by atoms with Crippen molar-refractivity contribution in [2.24, 2.45) is 0 Å². The molecule has 1 amide bonds. The first-order valence-corrected chi connectivity index (χ1v) is 10.2. The predicted molar refractivity (Wildman–Crippen MR) is 105 cm³/mol. The zero-order valence-electron chi connectivity index (χ0n) is 14.2. The van der Waals surface area contributed by atoms with Crippen LogP contribution in [0.1, 0.15) is 12.0 Å². The Morgan fingerprint density at radius 1 is 1.29 bits per heavy atom. The second-order valence-electron chi connectivity index (χ2n) is 6.06. The number of nitrogens with zero attached hydrogens (tertiary/aromatic N) is 2. The Hall–Kier alpha value is -0.680. The predicted octanol–water partition coefficient (Wildman–Crippen LogP) is 3.99. The van der Waals surface area contributed by atoms with Crippen LogP contribution in [0.25, 0.3) is 0 Å². The third-order valence-corrected chi connectivity index (χ3v) is 5.68. The van der Waals surface area contributed by atoms with Gasteiger partial charge in [0.2, 0.25) is 5.91 Å². The topological polar surface area (TPSA) is 23.6 Å². The molecule has 2 rings (SSSR count). The van der Waals surface area contributed by atoms with Crippen molar-refractivity contribution in [2.75, 3.05) is 38.7 Å². The van der Waals surface area contributed by atoms with Crippen LogP contribution in [0.15, 0.2) is 30.4 Å². The molecule has 0 unspecified atom stereocenters. The number of benzene rings is 1. The Morgan fingerprint density at radius 2 is 2.00 bits per heavy atom. The first-order chi connectivity index (χ1) is 11.5. The molecule has 1 atom stereocenters. The van der Waals surface area contributed by atoms with Crippen LogP contribution in [0.5, 0.6) is 0 Å². The van der Waals surface area contributed by atoms with Crippen LogP contribution in [0.4, 0.5) is 0 Å². The van der Waals surface area contributed by atoms with Crippen molar-refractivity contribution in [3.05, 3.63) is 46.0 Å². The number of rotatable bonds is 8. The lowest BCUT2D eigenvalue weighted by atomic mass is 10.1. The van der Waals surface area contributed by atoms with Gasteiger partial charge in [-0.05, 0) is 36.1 Å². The summed E-state index contributed by atoms with van der Waals surface area (Å²) in [4.78, 5) is 17.0. The van der Waals surface area contributed by atoms with E-state index in [4.69, 9.17) is 23.2 Å². The summed E-state index contributed by atoms with van der Waals surface area (Å²) in [6.45, 7) is 2.87. The molecule has 6 heteroatoms. The van der Waals surface area contributed by atoms with Gasteiger partial charge in [-0.1, -0.05) is 41.4 Å². The van der Waals surface area contributed by atoms with E-state index in [9.17, 15) is 4.79 Å². The van der Waals surface area contributed by atoms with Crippen molar-refractivity contribution >= 4 is 40.9 Å². The van der Waals surface area contributed by atoms with Crippen molar-refractivity contribution in [1.82, 2.24) is 9.80 Å². The van der Waals surface area contributed by atoms with Crippen LogP contribution < -0.4 is 0 Å². The van der Waals surface area contributed by atoms with Crippen molar-refractivity contribution in [3.63, 3.8) is 0 Å². The summed E-state index contributed by atoms with van der Waals surface area (Å²) in [5, 5.41) is 1.01. The highest BCUT2D eigenvalue weighted by Crippen LogP contribution is 2.23. The summed E-state index contributed by atoms with van der Waals surface area (Å²) in [6.07, 6.45) is 7.82. The molecule has 24 heavy (non-hydrogen) atoms. The summed E-state index contributed by atoms with van der Waals surface area (Å²) in [6, 6.07) is 5.61. The number of hydrogen-bond donors (Lipinski definition) is 0. The number of carbonyl (C=O) groups is 1. The number of carbonyl (C=O) groups excluding carboxylic acids is 1. The third kappa shape index (κ3) is 5.69. The fourth-order valence-corrected chi connectivity index (χ4v) is 3.61. The monoisotopic (exact) mass is 386 g/mol. The molecule has 0 aromatic heterocycles. The van der Waals surface area contributed by atoms with Gasteiger partial charge in [-0.15, -0.1) is 0 Å². The molecule has 1 heterocycles. The van der Waals surface area contributed by atoms with Crippen LogP contribution in [0.2, 0.25) is 10.0 Å². The Morgan fingerprint density at radius 3 is 2.62 bits per heavy atom. The Labute approximate surface area is 159 Å². The molecule has 0 fully saturated rings. The van der Waals surface area contributed by atoms with Crippen LogP contribution in [-0.4, -0.2) is 60.4 Å². The molecule has 0 aliphatic carbocycles. The summed E-state index contributed by atoms with van der Waals surface area (Å²) >= 11 is 13.8. The average Bonchev–Trinajstić information content (AvgIpc) is 3.07. The second-order valence-corrected chi connectivity index (χ2v) is 7.86. The summed E-state index contributed by atoms with van der Waals surface area (Å²) in [7, 11) is 1.91. The van der Waals surface area contributed by atoms with Crippen molar-refractivity contribution < 1.29 is 4.79 Å². The van der Waals surface area contributed by atoms with E-state index in [1.807, 2.05) is 29.8 Å². The Kier molecular flexibility index (Phi) is 7.95. The van der Waals surface area contributed by atoms with Crippen LogP contribution in [0, 0.1) is 0 Å². The van der Waals surface area contributed by atoms with Crippen molar-refractivity contribution in [2.45, 2.75) is 18.9 Å². The summed E-state index contributed by atoms with van der Waals surface area (Å²) in [5.74, 6) is 1.17. The molecule has 1 aliphatic heterocycles. The molecule has 3 nitrogen and oxygen atoms in total. The zero-order valence-corrected chi connectivity index (χ0v) is 16.5. The third-order valence-electron chi connectivity index (χ3n) is 4.30. The minimum Gasteiger partial charge on any atom is -0.341 e. The Bertz CT molecular complexity index is 586. The maximum absolute atomic E-state index is 12.7. The molecular weight excluding hydrogens is 363 g/mol. The fourth-order valence-electron chi connectivity index (χ4n) is 2.78. The standard InChI is InChI=1S/C18H24Cl2N2OS/c1-21(15(7-10-24-2)13-22-8-3-4-9-22)18(23)12-14-5-6-16(19)17(20)11-14/h3-6,11,15H,7-10,12-13H2,1-2H3/t15-/m0/s1. The molecule has 0 saturated heterocycles. The second kappa shape index (κ2) is 9.71. The zero-order chi connectivity index (χ0) is 17.5. The minimum atomic E-state index is 0.117. The molecule has 1 aromatic carbocycles. The molecule has 0 spiro atoms. The smallest absolute Gasteiger partial charge is 0.227 e. The lowest BCUT2D eigenvalue weighted by Gasteiger charge is -2.31. The SMILES string of the molecule is CSCC[C@@H](CN1CC=CC1)N(C)C(=O)Cc1ccc(Cl)c(Cl)c1. The van der Waals surface area contributed by atoms with Gasteiger partial charge in [0.05, 0.1) is 16.5 Å². The number of amides is 1. The lowest BCUT2D eigenvalue weighted by molar-refractivity contribution is -0.131. The molecule has 0 bridgehead atoms. The van der Waals surface area contributed by atoms with E-state index in [0.29, 0.717) is 16.5 Å². The molecular formula is C18H24Cl2N2OS. The van der Waals surface area contributed by atoms with Gasteiger partial charge in [-0.2, -0.15) is 11.8 Å². The summed E-state index contributed by atoms with van der Waals surface area (Å²) < 4.78 is 0. The number of likely N-dealkylation sites (N-methyl/N-ethyl adjacent to an activating group) is 1. The van der Waals surface area contributed by atoms with Gasteiger partial charge in [0.15, 0.2) is 0 Å². The van der Waals surface area contributed by atoms with E-state index in [-0.39, 0.29) is 11.9 Å². The van der Waals surface area contributed by atoms with Gasteiger partial charge in [-0.3, -0.25) is 9.69 Å². The number of thioether (sulfide) groups is 1. The molecule has 0 saturated carbocycles. The maximum Gasteiger partial charge on any atom is 0.227 e. The average molecular weight is 387 g/mol. The Balaban J connectivity index is 1.98. The van der Waals surface area contributed by atoms with E-state index in [1.165, 1.54) is 0 Å². The highest BCUT2D eigenvalue weighted by molar-refractivity contribution is 7.98. The van der Waals surface area contributed by atoms with E-state index in [1.54, 1.807) is 12.1 Å². The maximum atomic E-state index is 12.7. The first kappa shape index (κ1) is 19.6. The largest absolute Gasteiger partial charge is 0.341 e. The van der Waals surface area contributed by atoms with Crippen LogP contribution in [-0.2, 0) is 11.2 Å². The van der Waals surface area contributed by atoms with Gasteiger partial charge in [0.1, 0.15) is 0 Å². The molecule has 1 aromatic rings. The van der Waals surface area contributed by atoms with E-state index >= 15 is 0 Å². The molecule has 0 N–H and O–H groups in total. The lowest BCUT2D eigenvalue weighted by Crippen LogP contribution is -2.45. The van der Waals surface area contributed by atoms with Crippen LogP contribution >= 0.6 is 35.0 Å². The minimum absolute atomic E-state index is 0.117.